The number of sulfonamides is 1. The van der Waals surface area contributed by atoms with E-state index in [1.165, 1.54) is 11.3 Å². The van der Waals surface area contributed by atoms with E-state index in [1.54, 1.807) is 16.4 Å². The number of aliphatic hydroxyl groups excluding tert-OH is 1. The van der Waals surface area contributed by atoms with Crippen LogP contribution in [0.15, 0.2) is 16.3 Å². The first-order chi connectivity index (χ1) is 8.95. The van der Waals surface area contributed by atoms with E-state index in [9.17, 15) is 8.42 Å². The van der Waals surface area contributed by atoms with E-state index in [1.807, 2.05) is 6.92 Å². The van der Waals surface area contributed by atoms with E-state index < -0.39 is 10.0 Å². The molecule has 1 fully saturated rings. The van der Waals surface area contributed by atoms with Gasteiger partial charge in [0.25, 0.3) is 10.0 Å². The summed E-state index contributed by atoms with van der Waals surface area (Å²) in [6.45, 7) is 4.74. The quantitative estimate of drug-likeness (QED) is 0.926. The minimum absolute atomic E-state index is 0.0527. The van der Waals surface area contributed by atoms with Crippen molar-refractivity contribution < 1.29 is 13.5 Å². The lowest BCUT2D eigenvalue weighted by Crippen LogP contribution is -2.44. The van der Waals surface area contributed by atoms with Crippen molar-refractivity contribution in [3.8, 4) is 0 Å². The molecular formula is C13H21NO3S2. The third-order valence-electron chi connectivity index (χ3n) is 3.62. The summed E-state index contributed by atoms with van der Waals surface area (Å²) in [5.41, 5.74) is 0. The standard InChI is InChI=1S/C13H21NO3S2/c1-10-3-4-11(2)14(9-10)19(16,17)13-6-5-12(18-13)7-8-15/h5-6,10-11,15H,3-4,7-9H2,1-2H3. The molecule has 2 heterocycles. The Morgan fingerprint density at radius 3 is 2.79 bits per heavy atom. The van der Waals surface area contributed by atoms with Gasteiger partial charge in [-0.15, -0.1) is 11.3 Å². The van der Waals surface area contributed by atoms with Crippen LogP contribution in [0.5, 0.6) is 0 Å². The second-order valence-corrected chi connectivity index (χ2v) is 8.59. The summed E-state index contributed by atoms with van der Waals surface area (Å²) in [7, 11) is -3.37. The summed E-state index contributed by atoms with van der Waals surface area (Å²) < 4.78 is 27.3. The highest BCUT2D eigenvalue weighted by Gasteiger charge is 2.34. The Labute approximate surface area is 119 Å². The van der Waals surface area contributed by atoms with Crippen LogP contribution in [0.2, 0.25) is 0 Å². The van der Waals surface area contributed by atoms with Gasteiger partial charge in [-0.05, 0) is 37.8 Å². The first-order valence-electron chi connectivity index (χ1n) is 6.66. The van der Waals surface area contributed by atoms with Crippen molar-refractivity contribution in [3.05, 3.63) is 17.0 Å². The Hall–Kier alpha value is -0.430. The SMILES string of the molecule is CC1CCC(C)N(S(=O)(=O)c2ccc(CCO)s2)C1. The van der Waals surface area contributed by atoms with Crippen molar-refractivity contribution in [1.29, 1.82) is 0 Å². The zero-order valence-corrected chi connectivity index (χ0v) is 13.0. The molecule has 0 spiro atoms. The first kappa shape index (κ1) is 15.0. The van der Waals surface area contributed by atoms with Crippen LogP contribution < -0.4 is 0 Å². The molecule has 0 aliphatic carbocycles. The highest BCUT2D eigenvalue weighted by molar-refractivity contribution is 7.91. The molecule has 0 radical (unpaired) electrons. The van der Waals surface area contributed by atoms with Crippen LogP contribution in [-0.2, 0) is 16.4 Å². The van der Waals surface area contributed by atoms with Gasteiger partial charge < -0.3 is 5.11 Å². The lowest BCUT2D eigenvalue weighted by molar-refractivity contribution is 0.218. The van der Waals surface area contributed by atoms with Gasteiger partial charge in [-0.3, -0.25) is 0 Å². The van der Waals surface area contributed by atoms with E-state index in [4.69, 9.17) is 5.11 Å². The van der Waals surface area contributed by atoms with Gasteiger partial charge in [-0.2, -0.15) is 4.31 Å². The predicted molar refractivity (Wildman–Crippen MR) is 76.9 cm³/mol. The molecule has 0 saturated carbocycles. The average molecular weight is 303 g/mol. The maximum absolute atomic E-state index is 12.6. The van der Waals surface area contributed by atoms with Crippen molar-refractivity contribution in [2.45, 2.75) is 43.4 Å². The smallest absolute Gasteiger partial charge is 0.252 e. The molecule has 19 heavy (non-hydrogen) atoms. The minimum Gasteiger partial charge on any atom is -0.396 e. The van der Waals surface area contributed by atoms with Crippen LogP contribution in [-0.4, -0.2) is 37.0 Å². The molecule has 2 unspecified atom stereocenters. The van der Waals surface area contributed by atoms with E-state index >= 15 is 0 Å². The molecule has 0 amide bonds. The zero-order chi connectivity index (χ0) is 14.0. The molecule has 2 atom stereocenters. The fourth-order valence-electron chi connectivity index (χ4n) is 2.44. The zero-order valence-electron chi connectivity index (χ0n) is 11.4. The van der Waals surface area contributed by atoms with Crippen LogP contribution in [0, 0.1) is 5.92 Å². The largest absolute Gasteiger partial charge is 0.396 e. The Morgan fingerprint density at radius 2 is 2.11 bits per heavy atom. The molecule has 0 aromatic carbocycles. The number of hydrogen-bond donors (Lipinski definition) is 1. The van der Waals surface area contributed by atoms with Gasteiger partial charge in [0.15, 0.2) is 0 Å². The van der Waals surface area contributed by atoms with Crippen LogP contribution in [0.3, 0.4) is 0 Å². The molecule has 2 rings (SSSR count). The second kappa shape index (κ2) is 5.91. The molecule has 1 aliphatic rings. The number of nitrogens with zero attached hydrogens (tertiary/aromatic N) is 1. The molecule has 4 nitrogen and oxygen atoms in total. The highest BCUT2D eigenvalue weighted by Crippen LogP contribution is 2.31. The molecule has 1 aliphatic heterocycles. The third kappa shape index (κ3) is 3.18. The predicted octanol–water partition coefficient (Wildman–Crippen LogP) is 2.09. The van der Waals surface area contributed by atoms with Gasteiger partial charge in [0, 0.05) is 30.5 Å². The Bertz CT molecular complexity index is 524. The maximum atomic E-state index is 12.6. The third-order valence-corrected chi connectivity index (χ3v) is 7.21. The van der Waals surface area contributed by atoms with E-state index in [2.05, 4.69) is 6.92 Å². The lowest BCUT2D eigenvalue weighted by atomic mass is 9.97. The average Bonchev–Trinajstić information content (AvgIpc) is 2.82. The number of hydrogen-bond acceptors (Lipinski definition) is 4. The molecular weight excluding hydrogens is 282 g/mol. The second-order valence-electron chi connectivity index (χ2n) is 5.30. The van der Waals surface area contributed by atoms with Crippen molar-refractivity contribution in [2.24, 2.45) is 5.92 Å². The highest BCUT2D eigenvalue weighted by atomic mass is 32.2. The van der Waals surface area contributed by atoms with Crippen molar-refractivity contribution in [3.63, 3.8) is 0 Å². The van der Waals surface area contributed by atoms with Crippen LogP contribution in [0.25, 0.3) is 0 Å². The topological polar surface area (TPSA) is 57.6 Å². The molecule has 108 valence electrons. The van der Waals surface area contributed by atoms with Gasteiger partial charge in [0.05, 0.1) is 0 Å². The lowest BCUT2D eigenvalue weighted by Gasteiger charge is -2.35. The molecule has 6 heteroatoms. The monoisotopic (exact) mass is 303 g/mol. The fourth-order valence-corrected chi connectivity index (χ4v) is 5.69. The number of rotatable bonds is 4. The Kier molecular flexibility index (Phi) is 4.66. The maximum Gasteiger partial charge on any atom is 0.252 e. The summed E-state index contributed by atoms with van der Waals surface area (Å²) in [5.74, 6) is 0.419. The van der Waals surface area contributed by atoms with Gasteiger partial charge in [-0.1, -0.05) is 6.92 Å². The summed E-state index contributed by atoms with van der Waals surface area (Å²) in [6.07, 6.45) is 2.54. The van der Waals surface area contributed by atoms with Gasteiger partial charge in [-0.25, -0.2) is 8.42 Å². The van der Waals surface area contributed by atoms with Crippen LogP contribution in [0.1, 0.15) is 31.6 Å². The van der Waals surface area contributed by atoms with Crippen molar-refractivity contribution in [1.82, 2.24) is 4.31 Å². The van der Waals surface area contributed by atoms with Crippen LogP contribution in [0.4, 0.5) is 0 Å². The van der Waals surface area contributed by atoms with E-state index in [0.29, 0.717) is 23.1 Å². The summed E-state index contributed by atoms with van der Waals surface area (Å²) in [5, 5.41) is 8.90. The Morgan fingerprint density at radius 1 is 1.37 bits per heavy atom. The van der Waals surface area contributed by atoms with Gasteiger partial charge in [0.1, 0.15) is 4.21 Å². The number of piperidine rings is 1. The normalized spacial score (nSPS) is 25.6. The van der Waals surface area contributed by atoms with Crippen molar-refractivity contribution >= 4 is 21.4 Å². The molecule has 1 N–H and O–H groups in total. The van der Waals surface area contributed by atoms with Gasteiger partial charge >= 0.3 is 0 Å². The summed E-state index contributed by atoms with van der Waals surface area (Å²) in [4.78, 5) is 0.916. The van der Waals surface area contributed by atoms with Crippen LogP contribution >= 0.6 is 11.3 Å². The molecule has 1 aromatic heterocycles. The molecule has 1 saturated heterocycles. The Balaban J connectivity index is 2.24. The van der Waals surface area contributed by atoms with Gasteiger partial charge in [0.2, 0.25) is 0 Å². The molecule has 1 aromatic rings. The minimum atomic E-state index is -3.37. The summed E-state index contributed by atoms with van der Waals surface area (Å²) in [6, 6.07) is 3.53. The van der Waals surface area contributed by atoms with E-state index in [-0.39, 0.29) is 12.6 Å². The number of thiophene rings is 1. The molecule has 0 bridgehead atoms. The summed E-state index contributed by atoms with van der Waals surface area (Å²) >= 11 is 1.27. The fraction of sp³-hybridized carbons (Fsp3) is 0.692. The first-order valence-corrected chi connectivity index (χ1v) is 8.92. The number of aliphatic hydroxyl groups is 1. The van der Waals surface area contributed by atoms with E-state index in [0.717, 1.165) is 17.7 Å². The van der Waals surface area contributed by atoms with Crippen molar-refractivity contribution in [2.75, 3.05) is 13.2 Å².